The number of hydrogen-bond donors (Lipinski definition) is 0. The molecule has 0 aliphatic heterocycles. The van der Waals surface area contributed by atoms with Crippen LogP contribution in [0.5, 0.6) is 0 Å². The van der Waals surface area contributed by atoms with E-state index in [2.05, 4.69) is 13.0 Å². The first-order chi connectivity index (χ1) is 12.5. The lowest BCUT2D eigenvalue weighted by atomic mass is 9.64. The van der Waals surface area contributed by atoms with Crippen LogP contribution in [0.4, 0.5) is 0 Å². The van der Waals surface area contributed by atoms with Gasteiger partial charge >= 0.3 is 0 Å². The van der Waals surface area contributed by atoms with Gasteiger partial charge in [0.15, 0.2) is 0 Å². The molecule has 0 aromatic heterocycles. The smallest absolute Gasteiger partial charge is 0.222 e. The van der Waals surface area contributed by atoms with Crippen LogP contribution in [-0.2, 0) is 10.2 Å². The standard InChI is InChI=1S/C23H28N2O/c1-4-5-16-23(18-24,20-14-10-7-11-15-20)21(17-22(26)25(2)3)19-12-8-6-9-13-19/h6-15,21H,4-5,16-17H2,1-3H3/t21-,23+/m0/s1. The van der Waals surface area contributed by atoms with E-state index >= 15 is 0 Å². The van der Waals surface area contributed by atoms with Gasteiger partial charge in [0.25, 0.3) is 0 Å². The van der Waals surface area contributed by atoms with Crippen molar-refractivity contribution in [3.05, 3.63) is 71.8 Å². The number of rotatable bonds is 8. The second-order valence-electron chi connectivity index (χ2n) is 7.01. The summed E-state index contributed by atoms with van der Waals surface area (Å²) >= 11 is 0. The molecule has 26 heavy (non-hydrogen) atoms. The van der Waals surface area contributed by atoms with E-state index in [1.807, 2.05) is 60.7 Å². The highest BCUT2D eigenvalue weighted by atomic mass is 16.2. The third kappa shape index (κ3) is 4.32. The van der Waals surface area contributed by atoms with Crippen molar-refractivity contribution < 1.29 is 4.79 Å². The van der Waals surface area contributed by atoms with Gasteiger partial charge in [-0.25, -0.2) is 0 Å². The Morgan fingerprint density at radius 2 is 1.65 bits per heavy atom. The molecule has 2 rings (SSSR count). The fourth-order valence-corrected chi connectivity index (χ4v) is 3.53. The molecule has 0 spiro atoms. The molecule has 0 fully saturated rings. The van der Waals surface area contributed by atoms with Crippen LogP contribution in [0, 0.1) is 11.3 Å². The molecule has 0 saturated carbocycles. The monoisotopic (exact) mass is 348 g/mol. The van der Waals surface area contributed by atoms with E-state index < -0.39 is 5.41 Å². The van der Waals surface area contributed by atoms with E-state index in [1.54, 1.807) is 19.0 Å². The van der Waals surface area contributed by atoms with Crippen LogP contribution in [0.15, 0.2) is 60.7 Å². The maximum atomic E-state index is 12.6. The molecule has 0 bridgehead atoms. The van der Waals surface area contributed by atoms with Gasteiger partial charge in [-0.2, -0.15) is 5.26 Å². The fourth-order valence-electron chi connectivity index (χ4n) is 3.53. The van der Waals surface area contributed by atoms with Crippen LogP contribution >= 0.6 is 0 Å². The summed E-state index contributed by atoms with van der Waals surface area (Å²) in [4.78, 5) is 14.2. The summed E-state index contributed by atoms with van der Waals surface area (Å²) in [5.74, 6) is -0.136. The average molecular weight is 348 g/mol. The van der Waals surface area contributed by atoms with Gasteiger partial charge in [0.2, 0.25) is 5.91 Å². The molecular formula is C23H28N2O. The van der Waals surface area contributed by atoms with Crippen molar-refractivity contribution in [3.63, 3.8) is 0 Å². The predicted octanol–water partition coefficient (Wildman–Crippen LogP) is 4.90. The number of amides is 1. The van der Waals surface area contributed by atoms with Crippen LogP contribution < -0.4 is 0 Å². The Bertz CT molecular complexity index is 734. The molecule has 0 aliphatic carbocycles. The Balaban J connectivity index is 2.60. The SMILES string of the molecule is CCCC[C@@](C#N)(c1ccccc1)[C@@H](CC(=O)N(C)C)c1ccccc1. The van der Waals surface area contributed by atoms with E-state index in [0.717, 1.165) is 30.4 Å². The Morgan fingerprint density at radius 3 is 2.15 bits per heavy atom. The largest absolute Gasteiger partial charge is 0.349 e. The van der Waals surface area contributed by atoms with Gasteiger partial charge in [0.05, 0.1) is 11.5 Å². The van der Waals surface area contributed by atoms with Crippen LogP contribution in [-0.4, -0.2) is 24.9 Å². The van der Waals surface area contributed by atoms with Crippen LogP contribution in [0.3, 0.4) is 0 Å². The molecule has 0 radical (unpaired) electrons. The Kier molecular flexibility index (Phi) is 6.97. The van der Waals surface area contributed by atoms with Crippen molar-refractivity contribution in [1.29, 1.82) is 5.26 Å². The molecule has 3 heteroatoms. The summed E-state index contributed by atoms with van der Waals surface area (Å²) in [5.41, 5.74) is 1.32. The van der Waals surface area contributed by atoms with Crippen LogP contribution in [0.1, 0.15) is 49.7 Å². The maximum Gasteiger partial charge on any atom is 0.222 e. The molecule has 1 amide bonds. The summed E-state index contributed by atoms with van der Waals surface area (Å²) in [6.07, 6.45) is 3.02. The second-order valence-corrected chi connectivity index (χ2v) is 7.01. The molecule has 0 unspecified atom stereocenters. The molecule has 0 saturated heterocycles. The van der Waals surface area contributed by atoms with E-state index in [9.17, 15) is 10.1 Å². The number of hydrogen-bond acceptors (Lipinski definition) is 2. The number of carbonyl (C=O) groups excluding carboxylic acids is 1. The lowest BCUT2D eigenvalue weighted by molar-refractivity contribution is -0.129. The minimum absolute atomic E-state index is 0.0471. The maximum absolute atomic E-state index is 12.6. The molecular weight excluding hydrogens is 320 g/mol. The predicted molar refractivity (Wildman–Crippen MR) is 106 cm³/mol. The van der Waals surface area contributed by atoms with Crippen molar-refractivity contribution >= 4 is 5.91 Å². The highest BCUT2D eigenvalue weighted by molar-refractivity contribution is 5.77. The minimum atomic E-state index is -0.718. The van der Waals surface area contributed by atoms with Gasteiger partial charge in [-0.1, -0.05) is 80.4 Å². The van der Waals surface area contributed by atoms with E-state index in [0.29, 0.717) is 6.42 Å². The number of nitriles is 1. The van der Waals surface area contributed by atoms with Gasteiger partial charge in [0.1, 0.15) is 0 Å². The normalized spacial score (nSPS) is 14.1. The van der Waals surface area contributed by atoms with Gasteiger partial charge < -0.3 is 4.90 Å². The summed E-state index contributed by atoms with van der Waals surface area (Å²) in [5, 5.41) is 10.4. The first-order valence-corrected chi connectivity index (χ1v) is 9.27. The van der Waals surface area contributed by atoms with E-state index in [4.69, 9.17) is 0 Å². The number of unbranched alkanes of at least 4 members (excludes halogenated alkanes) is 1. The van der Waals surface area contributed by atoms with Crippen molar-refractivity contribution in [2.45, 2.75) is 43.9 Å². The number of carbonyl (C=O) groups is 1. The molecule has 3 nitrogen and oxygen atoms in total. The lowest BCUT2D eigenvalue weighted by Crippen LogP contribution is -2.36. The van der Waals surface area contributed by atoms with Crippen LogP contribution in [0.25, 0.3) is 0 Å². The van der Waals surface area contributed by atoms with Gasteiger partial charge in [-0.05, 0) is 17.5 Å². The first-order valence-electron chi connectivity index (χ1n) is 9.27. The quantitative estimate of drug-likeness (QED) is 0.681. The fraction of sp³-hybridized carbons (Fsp3) is 0.391. The molecule has 136 valence electrons. The molecule has 0 N–H and O–H groups in total. The Morgan fingerprint density at radius 1 is 1.08 bits per heavy atom. The zero-order chi connectivity index (χ0) is 19.0. The van der Waals surface area contributed by atoms with E-state index in [-0.39, 0.29) is 11.8 Å². The summed E-state index contributed by atoms with van der Waals surface area (Å²) in [6, 6.07) is 22.6. The van der Waals surface area contributed by atoms with Crippen LogP contribution in [0.2, 0.25) is 0 Å². The van der Waals surface area contributed by atoms with Crippen molar-refractivity contribution in [1.82, 2.24) is 4.90 Å². The highest BCUT2D eigenvalue weighted by Gasteiger charge is 2.42. The van der Waals surface area contributed by atoms with Gasteiger partial charge in [0, 0.05) is 26.4 Å². The zero-order valence-corrected chi connectivity index (χ0v) is 16.0. The minimum Gasteiger partial charge on any atom is -0.349 e. The van der Waals surface area contributed by atoms with Gasteiger partial charge in [-0.15, -0.1) is 0 Å². The molecule has 2 aromatic carbocycles. The van der Waals surface area contributed by atoms with Crippen molar-refractivity contribution in [3.8, 4) is 6.07 Å². The Hall–Kier alpha value is -2.60. The lowest BCUT2D eigenvalue weighted by Gasteiger charge is -2.36. The summed E-state index contributed by atoms with van der Waals surface area (Å²) < 4.78 is 0. The zero-order valence-electron chi connectivity index (χ0n) is 16.0. The molecule has 2 aromatic rings. The summed E-state index contributed by atoms with van der Waals surface area (Å²) in [6.45, 7) is 2.13. The molecule has 0 aliphatic rings. The molecule has 2 atom stereocenters. The number of benzene rings is 2. The number of nitrogens with zero attached hydrogens (tertiary/aromatic N) is 2. The van der Waals surface area contributed by atoms with Crippen molar-refractivity contribution in [2.75, 3.05) is 14.1 Å². The molecule has 0 heterocycles. The average Bonchev–Trinajstić information content (AvgIpc) is 2.69. The third-order valence-corrected chi connectivity index (χ3v) is 5.09. The summed E-state index contributed by atoms with van der Waals surface area (Å²) in [7, 11) is 3.54. The first kappa shape index (κ1) is 19.7. The second kappa shape index (κ2) is 9.20. The van der Waals surface area contributed by atoms with Crippen molar-refractivity contribution in [2.24, 2.45) is 0 Å². The third-order valence-electron chi connectivity index (χ3n) is 5.09. The highest BCUT2D eigenvalue weighted by Crippen LogP contribution is 2.45. The van der Waals surface area contributed by atoms with Gasteiger partial charge in [-0.3, -0.25) is 4.79 Å². The topological polar surface area (TPSA) is 44.1 Å². The Labute approximate surface area is 157 Å². The van der Waals surface area contributed by atoms with E-state index in [1.165, 1.54) is 0 Å².